The molecule has 0 aliphatic carbocycles. The second-order valence-corrected chi connectivity index (χ2v) is 4.36. The number of halogens is 4. The lowest BCUT2D eigenvalue weighted by molar-refractivity contribution is -0.137. The van der Waals surface area contributed by atoms with E-state index in [-0.39, 0.29) is 16.3 Å². The molecule has 0 saturated heterocycles. The topological polar surface area (TPSA) is 78.7 Å². The van der Waals surface area contributed by atoms with Crippen molar-refractivity contribution < 1.29 is 13.2 Å². The fourth-order valence-electron chi connectivity index (χ4n) is 1.61. The molecule has 1 heterocycles. The molecule has 5 nitrogen and oxygen atoms in total. The van der Waals surface area contributed by atoms with E-state index in [2.05, 4.69) is 0 Å². The second kappa shape index (κ2) is 5.10. The van der Waals surface area contributed by atoms with Gasteiger partial charge in [-0.15, -0.1) is 0 Å². The van der Waals surface area contributed by atoms with Gasteiger partial charge in [0, 0.05) is 6.20 Å². The summed E-state index contributed by atoms with van der Waals surface area (Å²) in [6.45, 7) is 0. The van der Waals surface area contributed by atoms with Crippen LogP contribution in [0.4, 0.5) is 13.2 Å². The summed E-state index contributed by atoms with van der Waals surface area (Å²) in [5, 5.41) is 8.39. The van der Waals surface area contributed by atoms with Gasteiger partial charge in [0.05, 0.1) is 16.3 Å². The van der Waals surface area contributed by atoms with Crippen molar-refractivity contribution in [2.24, 2.45) is 0 Å². The Hall–Kier alpha value is -2.53. The summed E-state index contributed by atoms with van der Waals surface area (Å²) in [7, 11) is 0. The molecule has 1 N–H and O–H groups in total. The van der Waals surface area contributed by atoms with Crippen molar-refractivity contribution in [3.8, 4) is 11.8 Å². The van der Waals surface area contributed by atoms with Gasteiger partial charge in [-0.3, -0.25) is 14.3 Å². The third kappa shape index (κ3) is 2.83. The van der Waals surface area contributed by atoms with Gasteiger partial charge in [0.1, 0.15) is 11.6 Å². The molecule has 9 heteroatoms. The molecule has 21 heavy (non-hydrogen) atoms. The van der Waals surface area contributed by atoms with Crippen LogP contribution in [0.15, 0.2) is 34.0 Å². The fraction of sp³-hybridized carbons (Fsp3) is 0.0833. The first-order valence-corrected chi connectivity index (χ1v) is 5.75. The number of benzene rings is 1. The number of nitrogens with one attached hydrogen (secondary N) is 1. The van der Waals surface area contributed by atoms with Gasteiger partial charge < -0.3 is 0 Å². The van der Waals surface area contributed by atoms with E-state index >= 15 is 0 Å². The molecule has 0 radical (unpaired) electrons. The van der Waals surface area contributed by atoms with Crippen molar-refractivity contribution in [1.29, 1.82) is 5.26 Å². The van der Waals surface area contributed by atoms with E-state index in [0.29, 0.717) is 6.07 Å². The SMILES string of the molecule is N#Cc1cn(-c2ccc(C(F)(F)F)cc2Cl)c(=O)[nH]c1=O. The molecule has 108 valence electrons. The van der Waals surface area contributed by atoms with Crippen LogP contribution in [0.1, 0.15) is 11.1 Å². The zero-order valence-electron chi connectivity index (χ0n) is 10.0. The molecule has 1 aromatic heterocycles. The van der Waals surface area contributed by atoms with Crippen LogP contribution in [-0.4, -0.2) is 9.55 Å². The summed E-state index contributed by atoms with van der Waals surface area (Å²) in [5.41, 5.74) is -3.23. The summed E-state index contributed by atoms with van der Waals surface area (Å²) >= 11 is 5.74. The molecular weight excluding hydrogens is 311 g/mol. The summed E-state index contributed by atoms with van der Waals surface area (Å²) < 4.78 is 38.4. The van der Waals surface area contributed by atoms with Crippen molar-refractivity contribution in [1.82, 2.24) is 9.55 Å². The van der Waals surface area contributed by atoms with Crippen molar-refractivity contribution in [2.75, 3.05) is 0 Å². The van der Waals surface area contributed by atoms with Gasteiger partial charge in [-0.1, -0.05) is 11.6 Å². The molecule has 2 aromatic rings. The molecule has 0 aliphatic heterocycles. The zero-order chi connectivity index (χ0) is 15.8. The Balaban J connectivity index is 2.67. The molecule has 0 saturated carbocycles. The van der Waals surface area contributed by atoms with Crippen LogP contribution >= 0.6 is 11.6 Å². The second-order valence-electron chi connectivity index (χ2n) is 3.95. The number of hydrogen-bond acceptors (Lipinski definition) is 3. The van der Waals surface area contributed by atoms with Crippen molar-refractivity contribution in [2.45, 2.75) is 6.18 Å². The quantitative estimate of drug-likeness (QED) is 0.875. The maximum Gasteiger partial charge on any atom is 0.416 e. The minimum Gasteiger partial charge on any atom is -0.273 e. The van der Waals surface area contributed by atoms with Gasteiger partial charge in [-0.05, 0) is 18.2 Å². The smallest absolute Gasteiger partial charge is 0.273 e. The average Bonchev–Trinajstić information content (AvgIpc) is 2.38. The lowest BCUT2D eigenvalue weighted by Crippen LogP contribution is -2.30. The van der Waals surface area contributed by atoms with Crippen molar-refractivity contribution in [3.63, 3.8) is 0 Å². The highest BCUT2D eigenvalue weighted by atomic mass is 35.5. The third-order valence-electron chi connectivity index (χ3n) is 2.60. The number of hydrogen-bond donors (Lipinski definition) is 1. The molecular formula is C12H5ClF3N3O2. The molecule has 0 amide bonds. The molecule has 0 spiro atoms. The van der Waals surface area contributed by atoms with Gasteiger partial charge >= 0.3 is 11.9 Å². The van der Waals surface area contributed by atoms with Crippen molar-refractivity contribution >= 4 is 11.6 Å². The minimum absolute atomic E-state index is 0.0811. The lowest BCUT2D eigenvalue weighted by atomic mass is 10.2. The van der Waals surface area contributed by atoms with Crippen LogP contribution in [0, 0.1) is 11.3 Å². The molecule has 0 atom stereocenters. The number of H-pyrrole nitrogens is 1. The monoisotopic (exact) mass is 315 g/mol. The molecule has 0 aliphatic rings. The Morgan fingerprint density at radius 3 is 2.48 bits per heavy atom. The van der Waals surface area contributed by atoms with E-state index < -0.39 is 23.0 Å². The zero-order valence-corrected chi connectivity index (χ0v) is 10.8. The van der Waals surface area contributed by atoms with Crippen LogP contribution in [0.5, 0.6) is 0 Å². The Bertz CT molecular complexity index is 862. The standard InChI is InChI=1S/C12H5ClF3N3O2/c13-8-3-7(12(14,15)16)1-2-9(8)19-5-6(4-17)10(20)18-11(19)21/h1-3,5H,(H,18,20,21). The summed E-state index contributed by atoms with van der Waals surface area (Å²) in [6, 6.07) is 3.93. The number of aromatic amines is 1. The van der Waals surface area contributed by atoms with Crippen LogP contribution in [0.25, 0.3) is 5.69 Å². The Kier molecular flexibility index (Phi) is 3.61. The number of nitrogens with zero attached hydrogens (tertiary/aromatic N) is 2. The summed E-state index contributed by atoms with van der Waals surface area (Å²) in [6.07, 6.45) is -3.66. The van der Waals surface area contributed by atoms with Crippen LogP contribution in [0.2, 0.25) is 5.02 Å². The van der Waals surface area contributed by atoms with E-state index in [1.54, 1.807) is 6.07 Å². The van der Waals surface area contributed by atoms with Gasteiger partial charge in [-0.2, -0.15) is 18.4 Å². The number of aromatic nitrogens is 2. The Labute approximate surface area is 119 Å². The maximum atomic E-state index is 12.5. The summed E-state index contributed by atoms with van der Waals surface area (Å²) in [4.78, 5) is 24.8. The number of rotatable bonds is 1. The minimum atomic E-state index is -4.57. The highest BCUT2D eigenvalue weighted by Gasteiger charge is 2.31. The Morgan fingerprint density at radius 1 is 1.29 bits per heavy atom. The lowest BCUT2D eigenvalue weighted by Gasteiger charge is -2.11. The predicted octanol–water partition coefficient (Wildman–Crippen LogP) is 2.07. The highest BCUT2D eigenvalue weighted by molar-refractivity contribution is 6.32. The molecule has 0 unspecified atom stereocenters. The van der Waals surface area contributed by atoms with E-state index in [4.69, 9.17) is 16.9 Å². The molecule has 0 fully saturated rings. The largest absolute Gasteiger partial charge is 0.416 e. The molecule has 1 aromatic carbocycles. The predicted molar refractivity (Wildman–Crippen MR) is 67.4 cm³/mol. The maximum absolute atomic E-state index is 12.5. The highest BCUT2D eigenvalue weighted by Crippen LogP contribution is 2.32. The Morgan fingerprint density at radius 2 is 1.95 bits per heavy atom. The first kappa shape index (κ1) is 14.9. The average molecular weight is 316 g/mol. The van der Waals surface area contributed by atoms with Gasteiger partial charge in [0.25, 0.3) is 5.56 Å². The normalized spacial score (nSPS) is 11.2. The van der Waals surface area contributed by atoms with Crippen molar-refractivity contribution in [3.05, 3.63) is 61.4 Å². The van der Waals surface area contributed by atoms with Crippen LogP contribution in [0.3, 0.4) is 0 Å². The first-order chi connectivity index (χ1) is 9.74. The van der Waals surface area contributed by atoms with Crippen LogP contribution in [-0.2, 0) is 6.18 Å². The number of alkyl halides is 3. The van der Waals surface area contributed by atoms with Gasteiger partial charge in [0.2, 0.25) is 0 Å². The van der Waals surface area contributed by atoms with E-state index in [0.717, 1.165) is 22.9 Å². The van der Waals surface area contributed by atoms with Gasteiger partial charge in [-0.25, -0.2) is 4.79 Å². The first-order valence-electron chi connectivity index (χ1n) is 5.37. The number of nitriles is 1. The third-order valence-corrected chi connectivity index (χ3v) is 2.90. The van der Waals surface area contributed by atoms with Crippen LogP contribution < -0.4 is 11.2 Å². The van der Waals surface area contributed by atoms with E-state index in [9.17, 15) is 22.8 Å². The van der Waals surface area contributed by atoms with Gasteiger partial charge in [0.15, 0.2) is 0 Å². The molecule has 0 bridgehead atoms. The van der Waals surface area contributed by atoms with E-state index in [1.165, 1.54) is 0 Å². The fourth-order valence-corrected chi connectivity index (χ4v) is 1.88. The van der Waals surface area contributed by atoms with E-state index in [1.807, 2.05) is 4.98 Å². The molecule has 2 rings (SSSR count). The summed E-state index contributed by atoms with van der Waals surface area (Å²) in [5.74, 6) is 0.